The topological polar surface area (TPSA) is 91.3 Å². The van der Waals surface area contributed by atoms with Gasteiger partial charge in [0.05, 0.1) is 24.0 Å². The Labute approximate surface area is 173 Å². The Morgan fingerprint density at radius 1 is 1.03 bits per heavy atom. The molecule has 0 aliphatic heterocycles. The minimum atomic E-state index is -0.309. The van der Waals surface area contributed by atoms with Crippen LogP contribution in [-0.2, 0) is 4.79 Å². The van der Waals surface area contributed by atoms with Crippen molar-refractivity contribution in [2.75, 3.05) is 11.9 Å². The normalized spacial score (nSPS) is 11.1. The third-order valence-electron chi connectivity index (χ3n) is 4.72. The molecule has 0 saturated carbocycles. The van der Waals surface area contributed by atoms with E-state index < -0.39 is 0 Å². The van der Waals surface area contributed by atoms with E-state index in [9.17, 15) is 9.59 Å². The van der Waals surface area contributed by atoms with E-state index in [2.05, 4.69) is 20.9 Å². The van der Waals surface area contributed by atoms with E-state index in [-0.39, 0.29) is 18.0 Å². The Morgan fingerprint density at radius 3 is 2.57 bits per heavy atom. The number of carbonyl (C=O) groups excluding carboxylic acids is 1. The largest absolute Gasteiger partial charge is 0.376 e. The lowest BCUT2D eigenvalue weighted by Crippen LogP contribution is -2.26. The molecule has 0 fully saturated rings. The first-order valence-corrected chi connectivity index (χ1v) is 9.53. The smallest absolute Gasteiger partial charge is 0.280 e. The van der Waals surface area contributed by atoms with E-state index in [0.717, 1.165) is 22.1 Å². The second kappa shape index (κ2) is 8.48. The molecule has 0 atom stereocenters. The minimum Gasteiger partial charge on any atom is -0.376 e. The highest BCUT2D eigenvalue weighted by Gasteiger charge is 2.10. The fourth-order valence-electron chi connectivity index (χ4n) is 3.16. The van der Waals surface area contributed by atoms with Crippen LogP contribution in [0.5, 0.6) is 0 Å². The molecule has 0 spiro atoms. The lowest BCUT2D eigenvalue weighted by molar-refractivity contribution is -0.119. The number of anilines is 1. The van der Waals surface area contributed by atoms with Crippen LogP contribution in [0, 0.1) is 6.92 Å². The lowest BCUT2D eigenvalue weighted by atomic mass is 10.1. The van der Waals surface area contributed by atoms with Gasteiger partial charge in [-0.05, 0) is 42.0 Å². The molecule has 0 unspecified atom stereocenters. The van der Waals surface area contributed by atoms with Gasteiger partial charge >= 0.3 is 0 Å². The minimum absolute atomic E-state index is 0.0655. The number of aromatic nitrogens is 2. The fraction of sp³-hybridized carbons (Fsp3) is 0.0870. The van der Waals surface area contributed by atoms with Crippen molar-refractivity contribution in [1.82, 2.24) is 15.2 Å². The summed E-state index contributed by atoms with van der Waals surface area (Å²) in [6.45, 7) is 1.85. The van der Waals surface area contributed by atoms with Crippen LogP contribution in [0.2, 0.25) is 0 Å². The number of rotatable bonds is 6. The van der Waals surface area contributed by atoms with Crippen LogP contribution < -0.4 is 16.3 Å². The summed E-state index contributed by atoms with van der Waals surface area (Å²) >= 11 is 0. The van der Waals surface area contributed by atoms with Gasteiger partial charge in [-0.2, -0.15) is 5.10 Å². The first kappa shape index (κ1) is 19.2. The Bertz CT molecular complexity index is 1270. The fourth-order valence-corrected chi connectivity index (χ4v) is 3.16. The number of nitrogens with one attached hydrogen (secondary N) is 3. The second-order valence-electron chi connectivity index (χ2n) is 6.84. The quantitative estimate of drug-likeness (QED) is 0.343. The van der Waals surface area contributed by atoms with E-state index in [1.165, 1.54) is 10.9 Å². The van der Waals surface area contributed by atoms with E-state index in [4.69, 9.17) is 0 Å². The number of benzene rings is 3. The molecule has 4 aromatic rings. The average Bonchev–Trinajstić information content (AvgIpc) is 3.06. The first-order chi connectivity index (χ1) is 14.6. The van der Waals surface area contributed by atoms with Crippen LogP contribution in [0.3, 0.4) is 0 Å². The van der Waals surface area contributed by atoms with Gasteiger partial charge in [-0.15, -0.1) is 0 Å². The molecule has 7 heteroatoms. The molecule has 1 heterocycles. The molecule has 7 nitrogen and oxygen atoms in total. The predicted molar refractivity (Wildman–Crippen MR) is 119 cm³/mol. The first-order valence-electron chi connectivity index (χ1n) is 9.53. The summed E-state index contributed by atoms with van der Waals surface area (Å²) < 4.78 is 1.44. The number of amides is 1. The van der Waals surface area contributed by atoms with Gasteiger partial charge in [0.25, 0.3) is 11.5 Å². The maximum Gasteiger partial charge on any atom is 0.280 e. The zero-order valence-corrected chi connectivity index (χ0v) is 16.4. The van der Waals surface area contributed by atoms with Gasteiger partial charge in [0.15, 0.2) is 0 Å². The van der Waals surface area contributed by atoms with Gasteiger partial charge in [-0.25, -0.2) is 10.1 Å². The zero-order chi connectivity index (χ0) is 20.9. The molecule has 0 bridgehead atoms. The number of aromatic amines is 1. The van der Waals surface area contributed by atoms with Crippen molar-refractivity contribution in [2.45, 2.75) is 6.92 Å². The number of hydrogen-bond acceptors (Lipinski definition) is 4. The van der Waals surface area contributed by atoms with Gasteiger partial charge in [0.1, 0.15) is 0 Å². The van der Waals surface area contributed by atoms with Crippen molar-refractivity contribution < 1.29 is 4.79 Å². The van der Waals surface area contributed by atoms with Gasteiger partial charge in [0, 0.05) is 11.4 Å². The van der Waals surface area contributed by atoms with E-state index in [1.807, 2.05) is 72.8 Å². The molecule has 150 valence electrons. The van der Waals surface area contributed by atoms with Gasteiger partial charge in [-0.1, -0.05) is 48.5 Å². The van der Waals surface area contributed by atoms with Crippen molar-refractivity contribution in [3.63, 3.8) is 0 Å². The van der Waals surface area contributed by atoms with Crippen molar-refractivity contribution in [3.05, 3.63) is 94.4 Å². The average molecular weight is 399 g/mol. The Morgan fingerprint density at radius 2 is 1.77 bits per heavy atom. The molecule has 0 aliphatic carbocycles. The highest BCUT2D eigenvalue weighted by molar-refractivity contribution is 5.87. The molecule has 30 heavy (non-hydrogen) atoms. The van der Waals surface area contributed by atoms with Crippen molar-refractivity contribution in [1.29, 1.82) is 0 Å². The van der Waals surface area contributed by atoms with Crippen LogP contribution in [0.4, 0.5) is 5.69 Å². The summed E-state index contributed by atoms with van der Waals surface area (Å²) in [7, 11) is 0. The van der Waals surface area contributed by atoms with Crippen LogP contribution >= 0.6 is 0 Å². The lowest BCUT2D eigenvalue weighted by Gasteiger charge is -2.06. The summed E-state index contributed by atoms with van der Waals surface area (Å²) in [4.78, 5) is 24.7. The highest BCUT2D eigenvalue weighted by atomic mass is 16.2. The number of nitrogens with zero attached hydrogens (tertiary/aromatic N) is 2. The van der Waals surface area contributed by atoms with Crippen LogP contribution in [0.15, 0.2) is 82.7 Å². The summed E-state index contributed by atoms with van der Waals surface area (Å²) in [5.41, 5.74) is 4.85. The number of hydrogen-bond donors (Lipinski definition) is 3. The SMILES string of the molecule is Cc1[nH]n(-c2ccccc2)c(=O)c1/C=N\NC(=O)CNc1ccc2ccccc2c1. The van der Waals surface area contributed by atoms with Crippen molar-refractivity contribution in [3.8, 4) is 5.69 Å². The molecule has 0 saturated heterocycles. The molecule has 4 rings (SSSR count). The Kier molecular flexibility index (Phi) is 5.43. The van der Waals surface area contributed by atoms with Gasteiger partial charge in [0.2, 0.25) is 0 Å². The van der Waals surface area contributed by atoms with E-state index >= 15 is 0 Å². The van der Waals surface area contributed by atoms with Crippen molar-refractivity contribution >= 4 is 28.6 Å². The molecule has 1 aromatic heterocycles. The third kappa shape index (κ3) is 4.15. The second-order valence-corrected chi connectivity index (χ2v) is 6.84. The number of para-hydroxylation sites is 1. The van der Waals surface area contributed by atoms with Crippen molar-refractivity contribution in [2.24, 2.45) is 5.10 Å². The van der Waals surface area contributed by atoms with Gasteiger partial charge in [-0.3, -0.25) is 14.7 Å². The zero-order valence-electron chi connectivity index (χ0n) is 16.4. The molecular weight excluding hydrogens is 378 g/mol. The molecule has 1 amide bonds. The standard InChI is InChI=1S/C23H21N5O2/c1-16-21(23(30)28(27-16)20-9-3-2-4-10-20)14-25-26-22(29)15-24-19-12-11-17-7-5-6-8-18(17)13-19/h2-14,24,27H,15H2,1H3,(H,26,29)/b25-14-. The van der Waals surface area contributed by atoms with Crippen LogP contribution in [0.1, 0.15) is 11.3 Å². The number of hydrazone groups is 1. The summed E-state index contributed by atoms with van der Waals surface area (Å²) in [6, 6.07) is 23.2. The molecular formula is C23H21N5O2. The molecule has 0 radical (unpaired) electrons. The Hall–Kier alpha value is -4.13. The number of aryl methyl sites for hydroxylation is 1. The summed E-state index contributed by atoms with van der Waals surface area (Å²) in [6.07, 6.45) is 1.36. The Balaban J connectivity index is 1.38. The van der Waals surface area contributed by atoms with E-state index in [0.29, 0.717) is 11.3 Å². The van der Waals surface area contributed by atoms with Crippen LogP contribution in [-0.4, -0.2) is 28.4 Å². The number of fused-ring (bicyclic) bond motifs is 1. The van der Waals surface area contributed by atoms with Gasteiger partial charge < -0.3 is 5.32 Å². The highest BCUT2D eigenvalue weighted by Crippen LogP contribution is 2.18. The molecule has 3 aromatic carbocycles. The maximum atomic E-state index is 12.6. The number of H-pyrrole nitrogens is 1. The predicted octanol–water partition coefficient (Wildman–Crippen LogP) is 3.19. The maximum absolute atomic E-state index is 12.6. The van der Waals surface area contributed by atoms with E-state index in [1.54, 1.807) is 6.92 Å². The summed E-state index contributed by atoms with van der Waals surface area (Å²) in [5.74, 6) is -0.309. The van der Waals surface area contributed by atoms with Crippen LogP contribution in [0.25, 0.3) is 16.5 Å². The molecule has 0 aliphatic rings. The monoisotopic (exact) mass is 399 g/mol. The summed E-state index contributed by atoms with van der Waals surface area (Å²) in [5, 5.41) is 12.3. The third-order valence-corrected chi connectivity index (χ3v) is 4.72. The number of carbonyl (C=O) groups is 1. The molecule has 3 N–H and O–H groups in total.